The fourth-order valence-corrected chi connectivity index (χ4v) is 3.16. The molecule has 0 spiro atoms. The smallest absolute Gasteiger partial charge is 0.176 e. The maximum Gasteiger partial charge on any atom is 0.176 e. The highest BCUT2D eigenvalue weighted by Crippen LogP contribution is 2.43. The molecular weight excluding hydrogens is 332 g/mol. The number of aliphatic hydroxyl groups excluding tert-OH is 2. The SMILES string of the molecule is CC(C)=CCC1C(=O)C(C(=O)CC(C)C)=C(O)[C@@]1(O)[C@@H](O)CC=C(C)C. The molecule has 1 aliphatic rings. The predicted octanol–water partition coefficient (Wildman–Crippen LogP) is 3.42. The molecule has 0 fully saturated rings. The summed E-state index contributed by atoms with van der Waals surface area (Å²) in [6, 6.07) is 0. The van der Waals surface area contributed by atoms with Crippen molar-refractivity contribution in [3.05, 3.63) is 34.6 Å². The Morgan fingerprint density at radius 3 is 2.15 bits per heavy atom. The molecule has 0 aromatic heterocycles. The first-order valence-corrected chi connectivity index (χ1v) is 9.11. The first kappa shape index (κ1) is 22.3. The summed E-state index contributed by atoms with van der Waals surface area (Å²) in [5, 5.41) is 32.4. The normalized spacial score (nSPS) is 24.0. The average molecular weight is 364 g/mol. The van der Waals surface area contributed by atoms with E-state index in [-0.39, 0.29) is 30.8 Å². The summed E-state index contributed by atoms with van der Waals surface area (Å²) in [7, 11) is 0. The van der Waals surface area contributed by atoms with E-state index in [4.69, 9.17) is 0 Å². The van der Waals surface area contributed by atoms with Gasteiger partial charge in [-0.2, -0.15) is 0 Å². The molecule has 3 N–H and O–H groups in total. The third-order valence-corrected chi connectivity index (χ3v) is 4.60. The molecular formula is C21H32O5. The molecule has 0 bridgehead atoms. The van der Waals surface area contributed by atoms with Crippen molar-refractivity contribution in [2.24, 2.45) is 11.8 Å². The molecule has 1 aliphatic carbocycles. The number of carbonyl (C=O) groups is 2. The van der Waals surface area contributed by atoms with Gasteiger partial charge in [-0.3, -0.25) is 9.59 Å². The van der Waals surface area contributed by atoms with Gasteiger partial charge in [0.2, 0.25) is 0 Å². The largest absolute Gasteiger partial charge is 0.508 e. The summed E-state index contributed by atoms with van der Waals surface area (Å²) in [5.74, 6) is -2.84. The molecule has 5 heteroatoms. The fraction of sp³-hybridized carbons (Fsp3) is 0.619. The van der Waals surface area contributed by atoms with Crippen LogP contribution in [0.1, 0.15) is 60.8 Å². The molecule has 0 aliphatic heterocycles. The number of rotatable bonds is 8. The summed E-state index contributed by atoms with van der Waals surface area (Å²) < 4.78 is 0. The Kier molecular flexibility index (Phi) is 7.54. The Bertz CT molecular complexity index is 645. The standard InChI is InChI=1S/C21H32O5/c1-12(2)7-9-15-19(24)18(16(22)11-14(5)6)20(25)21(15,26)17(23)10-8-13(3)4/h7-8,14-15,17,23,25-26H,9-11H2,1-6H3/t15?,17-,21-/m0/s1. The molecule has 0 heterocycles. The van der Waals surface area contributed by atoms with Gasteiger partial charge in [0.05, 0.1) is 12.0 Å². The van der Waals surface area contributed by atoms with Gasteiger partial charge in [0.1, 0.15) is 11.3 Å². The molecule has 5 nitrogen and oxygen atoms in total. The molecule has 0 radical (unpaired) electrons. The zero-order valence-electron chi connectivity index (χ0n) is 16.7. The van der Waals surface area contributed by atoms with Gasteiger partial charge < -0.3 is 15.3 Å². The number of Topliss-reactive ketones (excluding diaryl/α,β-unsaturated/α-hetero) is 2. The number of hydrogen-bond donors (Lipinski definition) is 3. The number of hydrogen-bond acceptors (Lipinski definition) is 5. The van der Waals surface area contributed by atoms with Crippen molar-refractivity contribution in [2.45, 2.75) is 72.5 Å². The minimum atomic E-state index is -2.16. The van der Waals surface area contributed by atoms with Crippen LogP contribution in [0.25, 0.3) is 0 Å². The van der Waals surface area contributed by atoms with Crippen molar-refractivity contribution < 1.29 is 24.9 Å². The van der Waals surface area contributed by atoms with Crippen LogP contribution >= 0.6 is 0 Å². The summed E-state index contributed by atoms with van der Waals surface area (Å²) in [5.41, 5.74) is -0.626. The summed E-state index contributed by atoms with van der Waals surface area (Å²) in [4.78, 5) is 25.3. The summed E-state index contributed by atoms with van der Waals surface area (Å²) in [6.45, 7) is 11.1. The van der Waals surface area contributed by atoms with E-state index in [2.05, 4.69) is 0 Å². The molecule has 146 valence electrons. The Morgan fingerprint density at radius 2 is 1.69 bits per heavy atom. The molecule has 1 unspecified atom stereocenters. The number of aliphatic hydroxyl groups is 3. The highest BCUT2D eigenvalue weighted by molar-refractivity contribution is 6.23. The Labute approximate surface area is 156 Å². The van der Waals surface area contributed by atoms with E-state index in [1.165, 1.54) is 0 Å². The molecule has 0 saturated heterocycles. The second-order valence-electron chi connectivity index (χ2n) is 8.04. The Hall–Kier alpha value is -1.72. The maximum absolute atomic E-state index is 12.9. The molecule has 0 aromatic carbocycles. The molecule has 3 atom stereocenters. The second-order valence-corrected chi connectivity index (χ2v) is 8.04. The van der Waals surface area contributed by atoms with E-state index >= 15 is 0 Å². The van der Waals surface area contributed by atoms with Crippen molar-refractivity contribution >= 4 is 11.6 Å². The van der Waals surface area contributed by atoms with Crippen molar-refractivity contribution in [1.29, 1.82) is 0 Å². The third kappa shape index (κ3) is 4.71. The van der Waals surface area contributed by atoms with Gasteiger partial charge in [-0.05, 0) is 46.5 Å². The highest BCUT2D eigenvalue weighted by atomic mass is 16.4. The molecule has 1 rings (SSSR count). The molecule has 0 aromatic rings. The number of ketones is 2. The lowest BCUT2D eigenvalue weighted by molar-refractivity contribution is -0.134. The molecule has 26 heavy (non-hydrogen) atoms. The van der Waals surface area contributed by atoms with Crippen LogP contribution in [-0.2, 0) is 9.59 Å². The van der Waals surface area contributed by atoms with Crippen LogP contribution in [0.2, 0.25) is 0 Å². The van der Waals surface area contributed by atoms with Gasteiger partial charge in [0, 0.05) is 6.42 Å². The van der Waals surface area contributed by atoms with Gasteiger partial charge in [0.25, 0.3) is 0 Å². The fourth-order valence-electron chi connectivity index (χ4n) is 3.16. The monoisotopic (exact) mass is 364 g/mol. The maximum atomic E-state index is 12.9. The predicted molar refractivity (Wildman–Crippen MR) is 102 cm³/mol. The van der Waals surface area contributed by atoms with E-state index in [9.17, 15) is 24.9 Å². The van der Waals surface area contributed by atoms with Crippen LogP contribution in [-0.4, -0.2) is 38.6 Å². The van der Waals surface area contributed by atoms with Gasteiger partial charge in [-0.1, -0.05) is 37.1 Å². The first-order valence-electron chi connectivity index (χ1n) is 9.11. The van der Waals surface area contributed by atoms with Gasteiger partial charge >= 0.3 is 0 Å². The van der Waals surface area contributed by atoms with Crippen LogP contribution in [0.15, 0.2) is 34.6 Å². The zero-order valence-corrected chi connectivity index (χ0v) is 16.7. The van der Waals surface area contributed by atoms with Crippen molar-refractivity contribution in [3.63, 3.8) is 0 Å². The quantitative estimate of drug-likeness (QED) is 0.453. The first-order chi connectivity index (χ1) is 11.9. The van der Waals surface area contributed by atoms with E-state index < -0.39 is 34.9 Å². The van der Waals surface area contributed by atoms with Crippen molar-refractivity contribution in [3.8, 4) is 0 Å². The van der Waals surface area contributed by atoms with Gasteiger partial charge in [0.15, 0.2) is 17.2 Å². The Balaban J connectivity index is 3.38. The topological polar surface area (TPSA) is 94.8 Å². The summed E-state index contributed by atoms with van der Waals surface area (Å²) in [6.07, 6.45) is 2.43. The van der Waals surface area contributed by atoms with Crippen molar-refractivity contribution in [1.82, 2.24) is 0 Å². The third-order valence-electron chi connectivity index (χ3n) is 4.60. The lowest BCUT2D eigenvalue weighted by atomic mass is 9.80. The summed E-state index contributed by atoms with van der Waals surface area (Å²) >= 11 is 0. The van der Waals surface area contributed by atoms with E-state index in [1.54, 1.807) is 12.2 Å². The van der Waals surface area contributed by atoms with Crippen LogP contribution in [0.4, 0.5) is 0 Å². The van der Waals surface area contributed by atoms with E-state index in [0.717, 1.165) is 11.1 Å². The number of carbonyl (C=O) groups excluding carboxylic acids is 2. The molecule has 0 amide bonds. The van der Waals surface area contributed by atoms with Gasteiger partial charge in [-0.15, -0.1) is 0 Å². The average Bonchev–Trinajstić information content (AvgIpc) is 2.69. The lowest BCUT2D eigenvalue weighted by Gasteiger charge is -2.33. The zero-order chi connectivity index (χ0) is 20.2. The minimum Gasteiger partial charge on any atom is -0.508 e. The second kappa shape index (κ2) is 8.78. The van der Waals surface area contributed by atoms with Crippen LogP contribution in [0.3, 0.4) is 0 Å². The van der Waals surface area contributed by atoms with E-state index in [0.29, 0.717) is 0 Å². The van der Waals surface area contributed by atoms with Crippen molar-refractivity contribution in [2.75, 3.05) is 0 Å². The van der Waals surface area contributed by atoms with Crippen LogP contribution in [0.5, 0.6) is 0 Å². The Morgan fingerprint density at radius 1 is 1.15 bits per heavy atom. The van der Waals surface area contributed by atoms with Gasteiger partial charge in [-0.25, -0.2) is 0 Å². The van der Waals surface area contributed by atoms with Crippen LogP contribution < -0.4 is 0 Å². The highest BCUT2D eigenvalue weighted by Gasteiger charge is 2.58. The van der Waals surface area contributed by atoms with Crippen LogP contribution in [0, 0.1) is 11.8 Å². The minimum absolute atomic E-state index is 0.0103. The van der Waals surface area contributed by atoms with E-state index in [1.807, 2.05) is 41.5 Å². The lowest BCUT2D eigenvalue weighted by Crippen LogP contribution is -2.49. The molecule has 0 saturated carbocycles. The number of allylic oxidation sites excluding steroid dienone is 4.